The second-order valence-corrected chi connectivity index (χ2v) is 9.38. The molecule has 4 aromatic rings. The van der Waals surface area contributed by atoms with E-state index in [1.54, 1.807) is 36.8 Å². The number of nitrogen functional groups attached to an aromatic ring is 1. The van der Waals surface area contributed by atoms with Gasteiger partial charge in [-0.15, -0.1) is 0 Å². The molecule has 0 saturated heterocycles. The first-order valence-corrected chi connectivity index (χ1v) is 13.3. The maximum Gasteiger partial charge on any atom is 0.266 e. The molecule has 4 N–H and O–H groups in total. The number of amides is 1. The second kappa shape index (κ2) is 12.8. The van der Waals surface area contributed by atoms with Gasteiger partial charge in [0.2, 0.25) is 11.9 Å². The van der Waals surface area contributed by atoms with E-state index in [1.807, 2.05) is 69.3 Å². The molecule has 2 aromatic carbocycles. The molecule has 1 unspecified atom stereocenters. The second-order valence-electron chi connectivity index (χ2n) is 9.38. The fourth-order valence-corrected chi connectivity index (χ4v) is 4.56. The van der Waals surface area contributed by atoms with Gasteiger partial charge in [-0.1, -0.05) is 43.3 Å². The molecule has 0 aliphatic rings. The Kier molecular flexibility index (Phi) is 9.03. The highest BCUT2D eigenvalue weighted by atomic mass is 16.1. The van der Waals surface area contributed by atoms with E-state index in [-0.39, 0.29) is 17.4 Å². The number of hydrogen-bond acceptors (Lipinski definition) is 8. The molecule has 1 amide bonds. The Balaban J connectivity index is 1.81. The number of allylic oxidation sites excluding steroid dienone is 1. The number of fused-ring (bicyclic) bond motifs is 1. The van der Waals surface area contributed by atoms with Gasteiger partial charge in [-0.3, -0.25) is 19.1 Å². The third-order valence-electron chi connectivity index (χ3n) is 6.55. The van der Waals surface area contributed by atoms with Crippen LogP contribution in [0.1, 0.15) is 49.0 Å². The summed E-state index contributed by atoms with van der Waals surface area (Å²) in [6, 6.07) is 14.6. The number of carbonyl (C=O) groups is 1. The van der Waals surface area contributed by atoms with E-state index in [0.29, 0.717) is 51.7 Å². The van der Waals surface area contributed by atoms with Crippen molar-refractivity contribution in [2.24, 2.45) is 4.99 Å². The molecule has 0 radical (unpaired) electrons. The minimum atomic E-state index is -0.434. The van der Waals surface area contributed by atoms with E-state index >= 15 is 0 Å². The molecule has 10 nitrogen and oxygen atoms in total. The minimum Gasteiger partial charge on any atom is -0.368 e. The molecule has 2 heterocycles. The molecular formula is C31H34N8O2. The molecule has 4 rings (SSSR count). The molecule has 0 fully saturated rings. The Labute approximate surface area is 238 Å². The first-order valence-electron chi connectivity index (χ1n) is 13.3. The summed E-state index contributed by atoms with van der Waals surface area (Å²) in [6.45, 7) is 7.53. The molecule has 0 aliphatic carbocycles. The number of benzene rings is 2. The summed E-state index contributed by atoms with van der Waals surface area (Å²) in [7, 11) is 1.60. The van der Waals surface area contributed by atoms with Crippen LogP contribution in [0.15, 0.2) is 76.5 Å². The monoisotopic (exact) mass is 550 g/mol. The highest BCUT2D eigenvalue weighted by Gasteiger charge is 2.23. The summed E-state index contributed by atoms with van der Waals surface area (Å²) in [4.78, 5) is 44.3. The van der Waals surface area contributed by atoms with Gasteiger partial charge in [0.1, 0.15) is 17.5 Å². The van der Waals surface area contributed by atoms with E-state index < -0.39 is 6.04 Å². The van der Waals surface area contributed by atoms with Gasteiger partial charge in [0, 0.05) is 18.7 Å². The van der Waals surface area contributed by atoms with Gasteiger partial charge in [0.25, 0.3) is 5.56 Å². The highest BCUT2D eigenvalue weighted by Crippen LogP contribution is 2.28. The van der Waals surface area contributed by atoms with Crippen molar-refractivity contribution in [1.29, 1.82) is 0 Å². The summed E-state index contributed by atoms with van der Waals surface area (Å²) in [5, 5.41) is 6.73. The van der Waals surface area contributed by atoms with Gasteiger partial charge in [-0.25, -0.2) is 9.97 Å². The Morgan fingerprint density at radius 1 is 1.07 bits per heavy atom. The lowest BCUT2D eigenvalue weighted by molar-refractivity contribution is -0.115. The van der Waals surface area contributed by atoms with Crippen LogP contribution >= 0.6 is 0 Å². The Hall–Kier alpha value is -5.12. The van der Waals surface area contributed by atoms with Crippen LogP contribution < -0.4 is 21.9 Å². The predicted octanol–water partition coefficient (Wildman–Crippen LogP) is 4.67. The van der Waals surface area contributed by atoms with Crippen molar-refractivity contribution in [2.45, 2.75) is 40.2 Å². The minimum absolute atomic E-state index is 0.0810. The zero-order valence-corrected chi connectivity index (χ0v) is 23.8. The third kappa shape index (κ3) is 6.38. The van der Waals surface area contributed by atoms with Crippen molar-refractivity contribution in [3.8, 4) is 5.69 Å². The van der Waals surface area contributed by atoms with Gasteiger partial charge in [-0.05, 0) is 63.1 Å². The van der Waals surface area contributed by atoms with Crippen LogP contribution in [-0.2, 0) is 4.79 Å². The lowest BCUT2D eigenvalue weighted by atomic mass is 10.1. The first kappa shape index (κ1) is 28.9. The fourth-order valence-electron chi connectivity index (χ4n) is 4.56. The molecule has 2 aromatic heterocycles. The summed E-state index contributed by atoms with van der Waals surface area (Å²) in [6.07, 6.45) is 7.08. The van der Waals surface area contributed by atoms with Crippen LogP contribution in [0, 0.1) is 13.8 Å². The van der Waals surface area contributed by atoms with E-state index in [1.165, 1.54) is 6.08 Å². The van der Waals surface area contributed by atoms with Crippen molar-refractivity contribution in [1.82, 2.24) is 24.8 Å². The van der Waals surface area contributed by atoms with Gasteiger partial charge < -0.3 is 16.4 Å². The number of nitrogens with zero attached hydrogens (tertiary/aromatic N) is 5. The summed E-state index contributed by atoms with van der Waals surface area (Å²) in [5.41, 5.74) is 9.22. The van der Waals surface area contributed by atoms with Gasteiger partial charge >= 0.3 is 0 Å². The van der Waals surface area contributed by atoms with Crippen LogP contribution in [-0.4, -0.2) is 38.3 Å². The number of aryl methyl sites for hydroxylation is 2. The molecule has 0 aliphatic heterocycles. The predicted molar refractivity (Wildman–Crippen MR) is 165 cm³/mol. The molecule has 10 heteroatoms. The molecule has 1 atom stereocenters. The molecule has 0 bridgehead atoms. The Bertz CT molecular complexity index is 1720. The van der Waals surface area contributed by atoms with E-state index in [4.69, 9.17) is 10.7 Å². The van der Waals surface area contributed by atoms with Crippen molar-refractivity contribution in [3.05, 3.63) is 99.8 Å². The average Bonchev–Trinajstić information content (AvgIpc) is 2.95. The number of hydrogen-bond donors (Lipinski definition) is 3. The zero-order chi connectivity index (χ0) is 29.5. The fraction of sp³-hybridized carbons (Fsp3) is 0.226. The number of anilines is 2. The van der Waals surface area contributed by atoms with Crippen LogP contribution in [0.3, 0.4) is 0 Å². The van der Waals surface area contributed by atoms with Crippen LogP contribution in [0.2, 0.25) is 0 Å². The number of aromatic nitrogens is 4. The van der Waals surface area contributed by atoms with Gasteiger partial charge in [0.15, 0.2) is 0 Å². The maximum atomic E-state index is 13.9. The van der Waals surface area contributed by atoms with E-state index in [9.17, 15) is 9.59 Å². The number of para-hydroxylation sites is 1. The maximum absolute atomic E-state index is 13.9. The summed E-state index contributed by atoms with van der Waals surface area (Å²) in [5.74, 6) is 1.11. The normalized spacial score (nSPS) is 12.8. The van der Waals surface area contributed by atoms with Crippen molar-refractivity contribution in [2.75, 3.05) is 18.1 Å². The van der Waals surface area contributed by atoms with Crippen molar-refractivity contribution < 1.29 is 4.79 Å². The SMILES string of the molecule is C/C=C\C(=NC)NC(=O)/C=C/c1c(C)nc(N)nc1NC(CC)c1nc2cccc(C)c2c(=O)n1-c1ccccc1. The quantitative estimate of drug-likeness (QED) is 0.164. The molecule has 41 heavy (non-hydrogen) atoms. The largest absolute Gasteiger partial charge is 0.368 e. The Morgan fingerprint density at radius 2 is 1.83 bits per heavy atom. The lowest BCUT2D eigenvalue weighted by Crippen LogP contribution is -2.29. The smallest absolute Gasteiger partial charge is 0.266 e. The first-order chi connectivity index (χ1) is 19.8. The van der Waals surface area contributed by atoms with Crippen LogP contribution in [0.5, 0.6) is 0 Å². The average molecular weight is 551 g/mol. The summed E-state index contributed by atoms with van der Waals surface area (Å²) < 4.78 is 1.64. The van der Waals surface area contributed by atoms with E-state index in [2.05, 4.69) is 25.6 Å². The number of amidine groups is 1. The van der Waals surface area contributed by atoms with Gasteiger partial charge in [-0.2, -0.15) is 4.98 Å². The van der Waals surface area contributed by atoms with Crippen molar-refractivity contribution >= 4 is 40.5 Å². The highest BCUT2D eigenvalue weighted by molar-refractivity contribution is 6.09. The number of aliphatic imine (C=N–C) groups is 1. The Morgan fingerprint density at radius 3 is 2.51 bits per heavy atom. The molecule has 0 spiro atoms. The van der Waals surface area contributed by atoms with E-state index in [0.717, 1.165) is 5.56 Å². The zero-order valence-electron chi connectivity index (χ0n) is 23.8. The topological polar surface area (TPSA) is 140 Å². The van der Waals surface area contributed by atoms with Gasteiger partial charge in [0.05, 0.1) is 28.3 Å². The standard InChI is InChI=1S/C31H34N8O2/c1-6-12-25(33-5)37-26(40)18-17-22-20(4)34-31(32)38-28(22)35-23(7-2)29-36-24-16-11-13-19(3)27(24)30(41)39(29)21-14-9-8-10-15-21/h6,8-18,23H,7H2,1-5H3,(H,33,37,40)(H3,32,34,35,38)/b12-6-,18-17+. The number of rotatable bonds is 8. The number of nitrogens with two attached hydrogens (primary N) is 1. The lowest BCUT2D eigenvalue weighted by Gasteiger charge is -2.23. The molecule has 210 valence electrons. The summed E-state index contributed by atoms with van der Waals surface area (Å²) >= 11 is 0. The van der Waals surface area contributed by atoms with Crippen molar-refractivity contribution in [3.63, 3.8) is 0 Å². The number of nitrogens with one attached hydrogen (secondary N) is 2. The number of carbonyl (C=O) groups excluding carboxylic acids is 1. The van der Waals surface area contributed by atoms with Crippen LogP contribution in [0.4, 0.5) is 11.8 Å². The third-order valence-corrected chi connectivity index (χ3v) is 6.55. The molecular weight excluding hydrogens is 516 g/mol. The van der Waals surface area contributed by atoms with Crippen LogP contribution in [0.25, 0.3) is 22.7 Å². The molecule has 0 saturated carbocycles.